The van der Waals surface area contributed by atoms with E-state index in [2.05, 4.69) is 22.2 Å². The highest BCUT2D eigenvalue weighted by Crippen LogP contribution is 2.40. The molecule has 3 aromatic carbocycles. The molecular formula is C33H36N2O8. The van der Waals surface area contributed by atoms with Gasteiger partial charge in [0.05, 0.1) is 44.7 Å². The number of rotatable bonds is 13. The van der Waals surface area contributed by atoms with Gasteiger partial charge in [-0.15, -0.1) is 0 Å². The molecule has 0 radical (unpaired) electrons. The fourth-order valence-corrected chi connectivity index (χ4v) is 4.61. The molecule has 2 amide bonds. The number of esters is 2. The third kappa shape index (κ3) is 8.57. The number of ether oxygens (including phenoxy) is 4. The number of nitrogens with one attached hydrogen (secondary N) is 1. The van der Waals surface area contributed by atoms with Crippen LogP contribution in [0.2, 0.25) is 0 Å². The molecule has 0 aliphatic carbocycles. The van der Waals surface area contributed by atoms with Crippen LogP contribution in [0.3, 0.4) is 0 Å². The molecule has 1 N–H and O–H groups in total. The first-order chi connectivity index (χ1) is 20.9. The van der Waals surface area contributed by atoms with E-state index in [0.717, 1.165) is 19.3 Å². The monoisotopic (exact) mass is 588 g/mol. The Labute approximate surface area is 250 Å². The van der Waals surface area contributed by atoms with Crippen LogP contribution in [0, 0.1) is 0 Å². The molecule has 0 fully saturated rings. The first-order valence-corrected chi connectivity index (χ1v) is 14.3. The summed E-state index contributed by atoms with van der Waals surface area (Å²) in [5.41, 5.74) is 2.33. The number of para-hydroxylation sites is 1. The maximum atomic E-state index is 13.2. The zero-order chi connectivity index (χ0) is 30.6. The first kappa shape index (κ1) is 31.1. The summed E-state index contributed by atoms with van der Waals surface area (Å²) in [6, 6.07) is 22.0. The standard InChI is InChI=1S/C33H36N2O8/c1-3-41-33(39)28-22-35(29(36)19-20-30(37)40-2)27-14-9-13-26(31(27)43-28)34-32(38)24-15-17-25(18-16-24)42-21-8-7-12-23-10-5-4-6-11-23/h4-6,9-11,13-18,28H,3,7-8,12,19-22H2,1-2H3,(H,34,38). The summed E-state index contributed by atoms with van der Waals surface area (Å²) >= 11 is 0. The zero-order valence-corrected chi connectivity index (χ0v) is 24.4. The second-order valence-corrected chi connectivity index (χ2v) is 9.86. The van der Waals surface area contributed by atoms with Crippen LogP contribution in [0.5, 0.6) is 11.5 Å². The van der Waals surface area contributed by atoms with Crippen molar-refractivity contribution in [1.29, 1.82) is 0 Å². The Morgan fingerprint density at radius 3 is 2.42 bits per heavy atom. The van der Waals surface area contributed by atoms with Crippen molar-refractivity contribution in [2.45, 2.75) is 45.1 Å². The number of unbranched alkanes of at least 4 members (excludes halogenated alkanes) is 1. The number of carbonyl (C=O) groups is 4. The Bertz CT molecular complexity index is 1410. The van der Waals surface area contributed by atoms with Crippen molar-refractivity contribution in [1.82, 2.24) is 0 Å². The number of nitrogens with zero attached hydrogens (tertiary/aromatic N) is 1. The van der Waals surface area contributed by atoms with Crippen LogP contribution in [0.15, 0.2) is 72.8 Å². The molecule has 4 rings (SSSR count). The zero-order valence-electron chi connectivity index (χ0n) is 24.4. The van der Waals surface area contributed by atoms with Crippen molar-refractivity contribution < 1.29 is 38.1 Å². The third-order valence-electron chi connectivity index (χ3n) is 6.85. The summed E-state index contributed by atoms with van der Waals surface area (Å²) in [5, 5.41) is 2.82. The van der Waals surface area contributed by atoms with E-state index < -0.39 is 29.9 Å². The molecule has 0 bridgehead atoms. The van der Waals surface area contributed by atoms with Gasteiger partial charge in [0, 0.05) is 12.0 Å². The van der Waals surface area contributed by atoms with Gasteiger partial charge in [-0.05, 0) is 68.1 Å². The number of hydrogen-bond donors (Lipinski definition) is 1. The van der Waals surface area contributed by atoms with E-state index >= 15 is 0 Å². The number of fused-ring (bicyclic) bond motifs is 1. The average Bonchev–Trinajstić information content (AvgIpc) is 3.03. The van der Waals surface area contributed by atoms with E-state index in [-0.39, 0.29) is 37.4 Å². The van der Waals surface area contributed by atoms with Crippen LogP contribution < -0.4 is 19.7 Å². The molecule has 1 heterocycles. The van der Waals surface area contributed by atoms with Crippen LogP contribution in [0.4, 0.5) is 11.4 Å². The van der Waals surface area contributed by atoms with Crippen LogP contribution in [0.1, 0.15) is 48.5 Å². The van der Waals surface area contributed by atoms with E-state index in [1.165, 1.54) is 17.6 Å². The number of amides is 2. The summed E-state index contributed by atoms with van der Waals surface area (Å²) in [6.07, 6.45) is 1.56. The summed E-state index contributed by atoms with van der Waals surface area (Å²) in [7, 11) is 1.25. The topological polar surface area (TPSA) is 120 Å². The summed E-state index contributed by atoms with van der Waals surface area (Å²) in [6.45, 7) is 2.27. The molecule has 0 spiro atoms. The van der Waals surface area contributed by atoms with E-state index in [9.17, 15) is 19.2 Å². The highest BCUT2D eigenvalue weighted by atomic mass is 16.6. The average molecular weight is 589 g/mol. The summed E-state index contributed by atoms with van der Waals surface area (Å²) in [4.78, 5) is 51.8. The molecule has 1 aliphatic rings. The van der Waals surface area contributed by atoms with Crippen LogP contribution in [-0.2, 0) is 30.3 Å². The van der Waals surface area contributed by atoms with Gasteiger partial charge < -0.3 is 29.2 Å². The minimum Gasteiger partial charge on any atom is -0.494 e. The van der Waals surface area contributed by atoms with E-state index in [1.807, 2.05) is 18.2 Å². The van der Waals surface area contributed by atoms with E-state index in [0.29, 0.717) is 23.6 Å². The molecule has 43 heavy (non-hydrogen) atoms. The molecular weight excluding hydrogens is 552 g/mol. The molecule has 0 aromatic heterocycles. The molecule has 10 heteroatoms. The van der Waals surface area contributed by atoms with Crippen molar-refractivity contribution in [3.63, 3.8) is 0 Å². The molecule has 10 nitrogen and oxygen atoms in total. The number of methoxy groups -OCH3 is 1. The van der Waals surface area contributed by atoms with Crippen molar-refractivity contribution in [3.8, 4) is 11.5 Å². The van der Waals surface area contributed by atoms with Crippen LogP contribution in [0.25, 0.3) is 0 Å². The van der Waals surface area contributed by atoms with Crippen LogP contribution >= 0.6 is 0 Å². The van der Waals surface area contributed by atoms with Gasteiger partial charge >= 0.3 is 11.9 Å². The first-order valence-electron chi connectivity index (χ1n) is 14.3. The highest BCUT2D eigenvalue weighted by molar-refractivity contribution is 6.07. The second kappa shape index (κ2) is 15.4. The lowest BCUT2D eigenvalue weighted by Gasteiger charge is -2.34. The Kier molecular flexibility index (Phi) is 11.1. The predicted molar refractivity (Wildman–Crippen MR) is 160 cm³/mol. The molecule has 3 aromatic rings. The van der Waals surface area contributed by atoms with Crippen molar-refractivity contribution in [2.24, 2.45) is 0 Å². The van der Waals surface area contributed by atoms with Gasteiger partial charge in [0.15, 0.2) is 5.75 Å². The summed E-state index contributed by atoms with van der Waals surface area (Å²) < 4.78 is 21.6. The van der Waals surface area contributed by atoms with Gasteiger partial charge in [-0.1, -0.05) is 36.4 Å². The van der Waals surface area contributed by atoms with Gasteiger partial charge in [-0.2, -0.15) is 0 Å². The summed E-state index contributed by atoms with van der Waals surface area (Å²) in [5.74, 6) is -1.16. The van der Waals surface area contributed by atoms with Gasteiger partial charge in [0.1, 0.15) is 5.75 Å². The van der Waals surface area contributed by atoms with Gasteiger partial charge in [0.25, 0.3) is 5.91 Å². The van der Waals surface area contributed by atoms with Crippen molar-refractivity contribution in [3.05, 3.63) is 83.9 Å². The fraction of sp³-hybridized carbons (Fsp3) is 0.333. The number of carbonyl (C=O) groups excluding carboxylic acids is 4. The van der Waals surface area contributed by atoms with Gasteiger partial charge in [0.2, 0.25) is 12.0 Å². The number of anilines is 2. The van der Waals surface area contributed by atoms with Gasteiger partial charge in [-0.3, -0.25) is 14.4 Å². The van der Waals surface area contributed by atoms with E-state index in [4.69, 9.17) is 14.2 Å². The number of benzene rings is 3. The minimum absolute atomic E-state index is 0.100. The van der Waals surface area contributed by atoms with Crippen molar-refractivity contribution >= 4 is 35.1 Å². The Morgan fingerprint density at radius 2 is 1.70 bits per heavy atom. The number of aryl methyl sites for hydroxylation is 1. The smallest absolute Gasteiger partial charge is 0.349 e. The van der Waals surface area contributed by atoms with Gasteiger partial charge in [-0.25, -0.2) is 4.79 Å². The Morgan fingerprint density at radius 1 is 0.930 bits per heavy atom. The van der Waals surface area contributed by atoms with Crippen LogP contribution in [-0.4, -0.2) is 56.7 Å². The molecule has 0 saturated carbocycles. The minimum atomic E-state index is -1.11. The van der Waals surface area contributed by atoms with E-state index in [1.54, 1.807) is 49.4 Å². The normalized spacial score (nSPS) is 13.7. The lowest BCUT2D eigenvalue weighted by atomic mass is 10.1. The fourth-order valence-electron chi connectivity index (χ4n) is 4.61. The van der Waals surface area contributed by atoms with Crippen molar-refractivity contribution in [2.75, 3.05) is 37.1 Å². The number of hydrogen-bond acceptors (Lipinski definition) is 8. The molecule has 1 atom stereocenters. The molecule has 0 saturated heterocycles. The quantitative estimate of drug-likeness (QED) is 0.220. The predicted octanol–water partition coefficient (Wildman–Crippen LogP) is 4.95. The maximum absolute atomic E-state index is 13.2. The lowest BCUT2D eigenvalue weighted by Crippen LogP contribution is -2.48. The third-order valence-corrected chi connectivity index (χ3v) is 6.85. The maximum Gasteiger partial charge on any atom is 0.349 e. The second-order valence-electron chi connectivity index (χ2n) is 9.86. The highest BCUT2D eigenvalue weighted by Gasteiger charge is 2.36. The molecule has 1 unspecified atom stereocenters. The largest absolute Gasteiger partial charge is 0.494 e. The SMILES string of the molecule is CCOC(=O)C1CN(C(=O)CCC(=O)OC)c2cccc(NC(=O)c3ccc(OCCCCc4ccccc4)cc3)c2O1. The molecule has 226 valence electrons. The molecule has 1 aliphatic heterocycles. The lowest BCUT2D eigenvalue weighted by molar-refractivity contribution is -0.151. The Balaban J connectivity index is 1.41. The Hall–Kier alpha value is -4.86.